The fraction of sp³-hybridized carbons (Fsp3) is 0.667. The van der Waals surface area contributed by atoms with Crippen LogP contribution in [0.2, 0.25) is 0 Å². The maximum absolute atomic E-state index is 10.5. The molecule has 0 rings (SSSR count). The van der Waals surface area contributed by atoms with Crippen LogP contribution in [-0.2, 0) is 14.3 Å². The molecule has 0 saturated heterocycles. The minimum Gasteiger partial charge on any atom is -0.479 e. The topological polar surface area (TPSA) is 63.6 Å². The lowest BCUT2D eigenvalue weighted by Crippen LogP contribution is -2.30. The Kier molecular flexibility index (Phi) is 7.64. The van der Waals surface area contributed by atoms with Crippen molar-refractivity contribution in [2.75, 3.05) is 6.61 Å². The number of hydrogen-bond acceptors (Lipinski definition) is 3. The second-order valence-electron chi connectivity index (χ2n) is 1.78. The van der Waals surface area contributed by atoms with Crippen molar-refractivity contribution in [3.8, 4) is 0 Å². The number of Topliss-reactive ketones (excluding diaryl/α,β-unsaturated/α-hetero) is 1. The Morgan fingerprint density at radius 2 is 2.00 bits per heavy atom. The van der Waals surface area contributed by atoms with Crippen LogP contribution in [0.3, 0.4) is 0 Å². The van der Waals surface area contributed by atoms with Gasteiger partial charge in [-0.25, -0.2) is 4.79 Å². The summed E-state index contributed by atoms with van der Waals surface area (Å²) in [4.78, 5) is 20.7. The number of carbonyl (C=O) groups excluding carboxylic acids is 1. The quantitative estimate of drug-likeness (QED) is 0.435. The Balaban J connectivity index is 0. The number of ether oxygens (including phenoxy) is 1. The summed E-state index contributed by atoms with van der Waals surface area (Å²) in [6, 6.07) is 0. The van der Waals surface area contributed by atoms with E-state index in [1.165, 1.54) is 6.92 Å². The Hall–Kier alpha value is -0.368. The molecule has 0 aliphatic carbocycles. The van der Waals surface area contributed by atoms with Crippen LogP contribution < -0.4 is 0 Å². The Morgan fingerprint density at radius 1 is 1.55 bits per heavy atom. The number of ketones is 1. The monoisotopic (exact) mass is 176 g/mol. The first-order valence-corrected chi connectivity index (χ1v) is 2.94. The van der Waals surface area contributed by atoms with Crippen LogP contribution in [0.1, 0.15) is 13.8 Å². The van der Waals surface area contributed by atoms with Crippen molar-refractivity contribution in [2.24, 2.45) is 0 Å². The second kappa shape index (κ2) is 6.35. The lowest BCUT2D eigenvalue weighted by atomic mass is 10.2. The zero-order valence-electron chi connectivity index (χ0n) is 5.96. The summed E-state index contributed by atoms with van der Waals surface area (Å²) in [6.45, 7) is 3.06. The molecule has 0 radical (unpaired) electrons. The summed E-state index contributed by atoms with van der Waals surface area (Å²) in [7, 11) is 0. The van der Waals surface area contributed by atoms with Crippen LogP contribution >= 0.6 is 0 Å². The zero-order valence-corrected chi connectivity index (χ0v) is 5.96. The van der Waals surface area contributed by atoms with Crippen LogP contribution in [0.5, 0.6) is 0 Å². The van der Waals surface area contributed by atoms with Gasteiger partial charge in [-0.05, 0) is 13.8 Å². The predicted octanol–water partition coefficient (Wildman–Crippen LogP) is -1.12. The van der Waals surface area contributed by atoms with Crippen LogP contribution in [0.25, 0.3) is 0 Å². The van der Waals surface area contributed by atoms with Gasteiger partial charge in [0.2, 0.25) is 6.10 Å². The van der Waals surface area contributed by atoms with Gasteiger partial charge in [-0.2, -0.15) is 0 Å². The molecule has 11 heavy (non-hydrogen) atoms. The SMILES string of the molecule is CCOC(C(C)=O)C(=O)O.[AlH3]. The number of hydrogen-bond donors (Lipinski definition) is 1. The fourth-order valence-corrected chi connectivity index (χ4v) is 0.529. The largest absolute Gasteiger partial charge is 0.479 e. The Labute approximate surface area is 75.7 Å². The zero-order chi connectivity index (χ0) is 8.15. The number of carbonyl (C=O) groups is 2. The van der Waals surface area contributed by atoms with E-state index in [1.807, 2.05) is 0 Å². The number of carboxylic acids is 1. The lowest BCUT2D eigenvalue weighted by Gasteiger charge is -2.06. The summed E-state index contributed by atoms with van der Waals surface area (Å²) in [5.74, 6) is -1.70. The minimum atomic E-state index is -1.29. The van der Waals surface area contributed by atoms with Crippen LogP contribution in [0, 0.1) is 0 Å². The molecule has 1 atom stereocenters. The summed E-state index contributed by atoms with van der Waals surface area (Å²) in [5, 5.41) is 8.33. The third-order valence-electron chi connectivity index (χ3n) is 0.927. The van der Waals surface area contributed by atoms with E-state index in [0.717, 1.165) is 0 Å². The molecule has 0 aromatic rings. The van der Waals surface area contributed by atoms with E-state index in [1.54, 1.807) is 6.92 Å². The molecular formula is C6H13AlO4. The predicted molar refractivity (Wildman–Crippen MR) is 43.7 cm³/mol. The fourth-order valence-electron chi connectivity index (χ4n) is 0.529. The van der Waals surface area contributed by atoms with Crippen LogP contribution in [-0.4, -0.2) is 46.9 Å². The summed E-state index contributed by atoms with van der Waals surface area (Å²) < 4.78 is 4.62. The van der Waals surface area contributed by atoms with Crippen LogP contribution in [0.4, 0.5) is 0 Å². The maximum atomic E-state index is 10.5. The molecule has 0 amide bonds. The highest BCUT2D eigenvalue weighted by Crippen LogP contribution is 1.92. The average molecular weight is 176 g/mol. The molecule has 0 saturated carbocycles. The normalized spacial score (nSPS) is 11.5. The highest BCUT2D eigenvalue weighted by molar-refractivity contribution is 5.99. The highest BCUT2D eigenvalue weighted by Gasteiger charge is 2.21. The van der Waals surface area contributed by atoms with Gasteiger partial charge < -0.3 is 9.84 Å². The van der Waals surface area contributed by atoms with Crippen LogP contribution in [0.15, 0.2) is 0 Å². The minimum absolute atomic E-state index is 0. The Morgan fingerprint density at radius 3 is 2.09 bits per heavy atom. The van der Waals surface area contributed by atoms with Gasteiger partial charge in [-0.1, -0.05) is 0 Å². The number of rotatable bonds is 4. The first-order valence-electron chi connectivity index (χ1n) is 2.94. The van der Waals surface area contributed by atoms with E-state index < -0.39 is 17.9 Å². The highest BCUT2D eigenvalue weighted by atomic mass is 27.0. The molecule has 5 heteroatoms. The second-order valence-corrected chi connectivity index (χ2v) is 1.78. The van der Waals surface area contributed by atoms with E-state index in [-0.39, 0.29) is 24.0 Å². The van der Waals surface area contributed by atoms with E-state index in [4.69, 9.17) is 5.11 Å². The van der Waals surface area contributed by atoms with Gasteiger partial charge >= 0.3 is 5.97 Å². The summed E-state index contributed by atoms with van der Waals surface area (Å²) in [5.41, 5.74) is 0. The third kappa shape index (κ3) is 4.96. The molecule has 0 spiro atoms. The molecule has 0 aliphatic heterocycles. The van der Waals surface area contributed by atoms with E-state index in [2.05, 4.69) is 4.74 Å². The Bertz CT molecular complexity index is 132. The maximum Gasteiger partial charge on any atom is 0.340 e. The van der Waals surface area contributed by atoms with Gasteiger partial charge in [0.25, 0.3) is 0 Å². The summed E-state index contributed by atoms with van der Waals surface area (Å²) >= 11 is 0. The van der Waals surface area contributed by atoms with Gasteiger partial charge in [0, 0.05) is 6.61 Å². The number of aliphatic carboxylic acids is 1. The molecular weight excluding hydrogens is 163 g/mol. The van der Waals surface area contributed by atoms with Gasteiger partial charge in [0.1, 0.15) is 0 Å². The lowest BCUT2D eigenvalue weighted by molar-refractivity contribution is -0.155. The van der Waals surface area contributed by atoms with Crippen molar-refractivity contribution < 1.29 is 19.4 Å². The van der Waals surface area contributed by atoms with E-state index in [9.17, 15) is 9.59 Å². The molecule has 1 unspecified atom stereocenters. The van der Waals surface area contributed by atoms with Crippen molar-refractivity contribution in [3.63, 3.8) is 0 Å². The van der Waals surface area contributed by atoms with E-state index >= 15 is 0 Å². The van der Waals surface area contributed by atoms with Gasteiger partial charge in [0.05, 0.1) is 0 Å². The molecule has 0 aromatic carbocycles. The first-order chi connectivity index (χ1) is 4.59. The van der Waals surface area contributed by atoms with Gasteiger partial charge in [-0.15, -0.1) is 0 Å². The molecule has 0 bridgehead atoms. The molecule has 0 heterocycles. The number of carboxylic acid groups (broad SMARTS) is 1. The van der Waals surface area contributed by atoms with E-state index in [0.29, 0.717) is 0 Å². The standard InChI is InChI=1S/C6H10O4.Al.3H/c1-3-10-5(4(2)7)6(8)9;;;;/h5H,3H2,1-2H3,(H,8,9);;;;. The van der Waals surface area contributed by atoms with Crippen molar-refractivity contribution in [2.45, 2.75) is 20.0 Å². The van der Waals surface area contributed by atoms with Crippen molar-refractivity contribution in [1.82, 2.24) is 0 Å². The van der Waals surface area contributed by atoms with Gasteiger partial charge in [-0.3, -0.25) is 4.79 Å². The van der Waals surface area contributed by atoms with Crippen molar-refractivity contribution in [1.29, 1.82) is 0 Å². The molecule has 4 nitrogen and oxygen atoms in total. The molecule has 0 fully saturated rings. The van der Waals surface area contributed by atoms with Crippen molar-refractivity contribution >= 4 is 29.1 Å². The van der Waals surface area contributed by atoms with Gasteiger partial charge in [0.15, 0.2) is 23.1 Å². The average Bonchev–Trinajstić information content (AvgIpc) is 1.81. The molecule has 64 valence electrons. The summed E-state index contributed by atoms with van der Waals surface area (Å²) in [6.07, 6.45) is -1.29. The smallest absolute Gasteiger partial charge is 0.340 e. The van der Waals surface area contributed by atoms with Crippen molar-refractivity contribution in [3.05, 3.63) is 0 Å². The molecule has 0 aromatic heterocycles. The third-order valence-corrected chi connectivity index (χ3v) is 0.927. The molecule has 1 N–H and O–H groups in total. The molecule has 0 aliphatic rings. The first kappa shape index (κ1) is 13.2.